The zero-order chi connectivity index (χ0) is 12.4. The van der Waals surface area contributed by atoms with Crippen molar-refractivity contribution in [3.05, 3.63) is 28.2 Å². The van der Waals surface area contributed by atoms with Crippen LogP contribution in [0, 0.1) is 0 Å². The van der Waals surface area contributed by atoms with Gasteiger partial charge in [-0.3, -0.25) is 4.79 Å². The summed E-state index contributed by atoms with van der Waals surface area (Å²) in [7, 11) is 0. The molecule has 1 amide bonds. The summed E-state index contributed by atoms with van der Waals surface area (Å²) in [4.78, 5) is 11.0. The number of amides is 1. The first-order valence-corrected chi connectivity index (χ1v) is 6.48. The molecule has 0 saturated heterocycles. The largest absolute Gasteiger partial charge is 0.380 e. The van der Waals surface area contributed by atoms with Crippen LogP contribution in [0.4, 0.5) is 5.69 Å². The summed E-state index contributed by atoms with van der Waals surface area (Å²) in [6.07, 6.45) is 3.32. The second-order valence-electron chi connectivity index (χ2n) is 4.40. The molecule has 2 rings (SSSR count). The van der Waals surface area contributed by atoms with Crippen LogP contribution in [0.2, 0.25) is 0 Å². The molecule has 1 aromatic rings. The van der Waals surface area contributed by atoms with Crippen molar-refractivity contribution in [3.63, 3.8) is 0 Å². The van der Waals surface area contributed by atoms with Crippen LogP contribution in [0.3, 0.4) is 0 Å². The lowest BCUT2D eigenvalue weighted by atomic mass is 10.1. The first-order valence-electron chi connectivity index (χ1n) is 5.69. The third kappa shape index (κ3) is 2.79. The maximum Gasteiger partial charge on any atom is 0.248 e. The number of anilines is 1. The first kappa shape index (κ1) is 12.4. The molecule has 0 bridgehead atoms. The average Bonchev–Trinajstić information content (AvgIpc) is 2.67. The highest BCUT2D eigenvalue weighted by Gasteiger charge is 2.24. The molecule has 0 radical (unpaired) electrons. The molecule has 1 aromatic carbocycles. The Morgan fingerprint density at radius 2 is 2.18 bits per heavy atom. The van der Waals surface area contributed by atoms with Gasteiger partial charge in [0.1, 0.15) is 0 Å². The first-order chi connectivity index (χ1) is 8.08. The minimum absolute atomic E-state index is 0.206. The van der Waals surface area contributed by atoms with Crippen LogP contribution in [0.5, 0.6) is 0 Å². The van der Waals surface area contributed by atoms with Gasteiger partial charge in [0.05, 0.1) is 0 Å². The minimum Gasteiger partial charge on any atom is -0.380 e. The molecule has 1 saturated carbocycles. The van der Waals surface area contributed by atoms with Crippen molar-refractivity contribution in [1.82, 2.24) is 0 Å². The zero-order valence-electron chi connectivity index (χ0n) is 9.45. The fourth-order valence-electron chi connectivity index (χ4n) is 2.15. The van der Waals surface area contributed by atoms with Gasteiger partial charge in [-0.1, -0.05) is 0 Å². The van der Waals surface area contributed by atoms with Gasteiger partial charge in [-0.05, 0) is 53.4 Å². The van der Waals surface area contributed by atoms with Gasteiger partial charge in [0.2, 0.25) is 5.91 Å². The molecule has 1 aliphatic rings. The van der Waals surface area contributed by atoms with E-state index in [-0.39, 0.29) is 6.04 Å². The second kappa shape index (κ2) is 5.06. The fraction of sp³-hybridized carbons (Fsp3) is 0.417. The molecular weight excluding hydrogens is 282 g/mol. The van der Waals surface area contributed by atoms with Gasteiger partial charge in [0, 0.05) is 27.8 Å². The van der Waals surface area contributed by atoms with Gasteiger partial charge in [-0.15, -0.1) is 0 Å². The Labute approximate surface area is 109 Å². The van der Waals surface area contributed by atoms with Crippen LogP contribution in [0.25, 0.3) is 0 Å². The van der Waals surface area contributed by atoms with Crippen molar-refractivity contribution in [2.75, 3.05) is 5.32 Å². The van der Waals surface area contributed by atoms with Crippen LogP contribution in [0.15, 0.2) is 22.7 Å². The van der Waals surface area contributed by atoms with Gasteiger partial charge in [-0.2, -0.15) is 0 Å². The van der Waals surface area contributed by atoms with Gasteiger partial charge in [0.15, 0.2) is 0 Å². The number of carbonyl (C=O) groups excluding carboxylic acids is 1. The molecule has 0 spiro atoms. The second-order valence-corrected chi connectivity index (χ2v) is 5.26. The minimum atomic E-state index is -0.421. The van der Waals surface area contributed by atoms with Crippen molar-refractivity contribution in [1.29, 1.82) is 0 Å². The van der Waals surface area contributed by atoms with E-state index in [1.54, 1.807) is 12.1 Å². The number of rotatable bonds is 3. The molecule has 4 nitrogen and oxygen atoms in total. The summed E-state index contributed by atoms with van der Waals surface area (Å²) in [6.45, 7) is 0. The Balaban J connectivity index is 2.14. The van der Waals surface area contributed by atoms with Crippen molar-refractivity contribution >= 4 is 27.5 Å². The topological polar surface area (TPSA) is 81.1 Å². The van der Waals surface area contributed by atoms with Crippen molar-refractivity contribution < 1.29 is 4.79 Å². The van der Waals surface area contributed by atoms with E-state index in [1.807, 2.05) is 6.07 Å². The lowest BCUT2D eigenvalue weighted by molar-refractivity contribution is 0.100. The highest BCUT2D eigenvalue weighted by molar-refractivity contribution is 9.10. The van der Waals surface area contributed by atoms with Crippen molar-refractivity contribution in [3.8, 4) is 0 Å². The maximum atomic E-state index is 11.0. The summed E-state index contributed by atoms with van der Waals surface area (Å²) < 4.78 is 0.841. The van der Waals surface area contributed by atoms with Crippen molar-refractivity contribution in [2.45, 2.75) is 31.3 Å². The predicted octanol–water partition coefficient (Wildman–Crippen LogP) is 1.84. The smallest absolute Gasteiger partial charge is 0.248 e. The normalized spacial score (nSPS) is 23.6. The number of nitrogens with two attached hydrogens (primary N) is 2. The van der Waals surface area contributed by atoms with E-state index in [1.165, 1.54) is 0 Å². The monoisotopic (exact) mass is 297 g/mol. The Hall–Kier alpha value is -1.07. The predicted molar refractivity (Wildman–Crippen MR) is 71.9 cm³/mol. The Bertz CT molecular complexity index is 436. The molecule has 1 aliphatic carbocycles. The van der Waals surface area contributed by atoms with Gasteiger partial charge in [-0.25, -0.2) is 0 Å². The maximum absolute atomic E-state index is 11.0. The summed E-state index contributed by atoms with van der Waals surface area (Å²) in [5.41, 5.74) is 12.7. The quantitative estimate of drug-likeness (QED) is 0.796. The average molecular weight is 298 g/mol. The molecule has 92 valence electrons. The van der Waals surface area contributed by atoms with Crippen LogP contribution >= 0.6 is 15.9 Å². The molecule has 1 fully saturated rings. The van der Waals surface area contributed by atoms with Crippen LogP contribution < -0.4 is 16.8 Å². The van der Waals surface area contributed by atoms with E-state index >= 15 is 0 Å². The molecule has 2 unspecified atom stereocenters. The number of hydrogen-bond acceptors (Lipinski definition) is 3. The van der Waals surface area contributed by atoms with E-state index < -0.39 is 5.91 Å². The number of carbonyl (C=O) groups is 1. The lowest BCUT2D eigenvalue weighted by Gasteiger charge is -2.19. The number of nitrogens with one attached hydrogen (secondary N) is 1. The van der Waals surface area contributed by atoms with E-state index in [0.717, 1.165) is 29.4 Å². The number of halogens is 1. The zero-order valence-corrected chi connectivity index (χ0v) is 11.0. The summed E-state index contributed by atoms with van der Waals surface area (Å²) in [6, 6.07) is 5.82. The van der Waals surface area contributed by atoms with Crippen LogP contribution in [-0.2, 0) is 0 Å². The van der Waals surface area contributed by atoms with E-state index in [9.17, 15) is 4.79 Å². The lowest BCUT2D eigenvalue weighted by Crippen LogP contribution is -2.35. The number of benzene rings is 1. The van der Waals surface area contributed by atoms with E-state index in [4.69, 9.17) is 11.5 Å². The molecule has 0 aromatic heterocycles. The number of primary amides is 1. The standard InChI is InChI=1S/C12H16BrN3O/c13-8-6-7(12(15)17)4-5-10(8)16-11-3-1-2-9(11)14/h4-6,9,11,16H,1-3,14H2,(H2,15,17). The fourth-order valence-corrected chi connectivity index (χ4v) is 2.65. The summed E-state index contributed by atoms with van der Waals surface area (Å²) in [5, 5.41) is 3.40. The van der Waals surface area contributed by atoms with Gasteiger partial charge < -0.3 is 16.8 Å². The molecule has 0 heterocycles. The Morgan fingerprint density at radius 3 is 2.71 bits per heavy atom. The molecule has 2 atom stereocenters. The van der Waals surface area contributed by atoms with Gasteiger partial charge in [0.25, 0.3) is 0 Å². The number of hydrogen-bond donors (Lipinski definition) is 3. The third-order valence-electron chi connectivity index (χ3n) is 3.16. The van der Waals surface area contributed by atoms with E-state index in [0.29, 0.717) is 11.6 Å². The van der Waals surface area contributed by atoms with Crippen LogP contribution in [-0.4, -0.2) is 18.0 Å². The highest BCUT2D eigenvalue weighted by Crippen LogP contribution is 2.28. The molecule has 17 heavy (non-hydrogen) atoms. The summed E-state index contributed by atoms with van der Waals surface area (Å²) >= 11 is 3.43. The highest BCUT2D eigenvalue weighted by atomic mass is 79.9. The molecular formula is C12H16BrN3O. The SMILES string of the molecule is NC(=O)c1ccc(NC2CCCC2N)c(Br)c1. The van der Waals surface area contributed by atoms with Crippen LogP contribution in [0.1, 0.15) is 29.6 Å². The third-order valence-corrected chi connectivity index (χ3v) is 3.82. The van der Waals surface area contributed by atoms with Crippen molar-refractivity contribution in [2.24, 2.45) is 11.5 Å². The Kier molecular flexibility index (Phi) is 3.69. The van der Waals surface area contributed by atoms with Gasteiger partial charge >= 0.3 is 0 Å². The molecule has 5 N–H and O–H groups in total. The summed E-state index contributed by atoms with van der Waals surface area (Å²) in [5.74, 6) is -0.421. The molecule has 5 heteroatoms. The Morgan fingerprint density at radius 1 is 1.41 bits per heavy atom. The molecule has 0 aliphatic heterocycles. The van der Waals surface area contributed by atoms with E-state index in [2.05, 4.69) is 21.2 Å².